The summed E-state index contributed by atoms with van der Waals surface area (Å²) in [4.78, 5) is 17.6. The number of fused-ring (bicyclic) bond motifs is 1. The Hall–Kier alpha value is -3.21. The minimum Gasteiger partial charge on any atom is -0.328 e. The van der Waals surface area contributed by atoms with Crippen molar-refractivity contribution in [3.63, 3.8) is 0 Å². The van der Waals surface area contributed by atoms with Crippen LogP contribution < -0.4 is 5.32 Å². The van der Waals surface area contributed by atoms with Crippen molar-refractivity contribution in [1.82, 2.24) is 14.8 Å². The highest BCUT2D eigenvalue weighted by Crippen LogP contribution is 2.40. The number of nitrogens with zero attached hydrogens (tertiary/aromatic N) is 3. The Bertz CT molecular complexity index is 1130. The van der Waals surface area contributed by atoms with Crippen molar-refractivity contribution >= 4 is 11.7 Å². The van der Waals surface area contributed by atoms with Crippen LogP contribution in [0.4, 0.5) is 5.95 Å². The number of aromatic nitrogens is 3. The van der Waals surface area contributed by atoms with Gasteiger partial charge in [-0.15, -0.1) is 5.10 Å². The van der Waals surface area contributed by atoms with Crippen LogP contribution in [0.15, 0.2) is 59.8 Å². The molecule has 28 heavy (non-hydrogen) atoms. The number of carbonyl (C=O) groups is 1. The summed E-state index contributed by atoms with van der Waals surface area (Å²) in [6, 6.07) is 16.3. The van der Waals surface area contributed by atoms with Gasteiger partial charge in [0.05, 0.1) is 0 Å². The molecule has 0 fully saturated rings. The highest BCUT2D eigenvalue weighted by Gasteiger charge is 2.36. The summed E-state index contributed by atoms with van der Waals surface area (Å²) in [5.74, 6) is 1.59. The van der Waals surface area contributed by atoms with Crippen molar-refractivity contribution in [2.24, 2.45) is 0 Å². The highest BCUT2D eigenvalue weighted by atomic mass is 16.1. The number of aryl methyl sites for hydroxylation is 2. The maximum absolute atomic E-state index is 12.9. The van der Waals surface area contributed by atoms with E-state index in [9.17, 15) is 4.79 Å². The van der Waals surface area contributed by atoms with Gasteiger partial charge in [0.2, 0.25) is 5.95 Å². The van der Waals surface area contributed by atoms with E-state index < -0.39 is 0 Å². The van der Waals surface area contributed by atoms with E-state index in [0.717, 1.165) is 35.2 Å². The average molecular weight is 370 g/mol. The Morgan fingerprint density at radius 1 is 1.04 bits per heavy atom. The van der Waals surface area contributed by atoms with Gasteiger partial charge in [0.1, 0.15) is 6.04 Å². The first kappa shape index (κ1) is 16.9. The summed E-state index contributed by atoms with van der Waals surface area (Å²) in [5.41, 5.74) is 6.23. The SMILES string of the molecule is Cc1cccc(-c2nc3n(n2)[C@H](c2cccc(C)c2)C2=C(CCCC2=O)N3)c1. The molecule has 0 bridgehead atoms. The van der Waals surface area contributed by atoms with Gasteiger partial charge in [0.25, 0.3) is 0 Å². The third-order valence-electron chi connectivity index (χ3n) is 5.50. The van der Waals surface area contributed by atoms with Crippen LogP contribution in [0.2, 0.25) is 0 Å². The van der Waals surface area contributed by atoms with E-state index in [4.69, 9.17) is 10.1 Å². The minimum atomic E-state index is -0.231. The molecular weight excluding hydrogens is 348 g/mol. The summed E-state index contributed by atoms with van der Waals surface area (Å²) in [6.07, 6.45) is 2.34. The monoisotopic (exact) mass is 370 g/mol. The zero-order valence-electron chi connectivity index (χ0n) is 16.1. The molecule has 5 rings (SSSR count). The Labute approximate surface area is 164 Å². The Balaban J connectivity index is 1.69. The van der Waals surface area contributed by atoms with E-state index in [2.05, 4.69) is 49.5 Å². The topological polar surface area (TPSA) is 59.8 Å². The summed E-state index contributed by atoms with van der Waals surface area (Å²) in [7, 11) is 0. The summed E-state index contributed by atoms with van der Waals surface area (Å²) >= 11 is 0. The number of anilines is 1. The number of Topliss-reactive ketones (excluding diaryl/α,β-unsaturated/α-hetero) is 1. The molecule has 2 aromatic carbocycles. The molecule has 0 radical (unpaired) electrons. The number of carbonyl (C=O) groups excluding carboxylic acids is 1. The smallest absolute Gasteiger partial charge is 0.226 e. The highest BCUT2D eigenvalue weighted by molar-refractivity contribution is 5.99. The van der Waals surface area contributed by atoms with Gasteiger partial charge in [-0.3, -0.25) is 4.79 Å². The van der Waals surface area contributed by atoms with Crippen LogP contribution in [0, 0.1) is 13.8 Å². The van der Waals surface area contributed by atoms with Crippen molar-refractivity contribution in [3.05, 3.63) is 76.5 Å². The van der Waals surface area contributed by atoms with Gasteiger partial charge in [-0.2, -0.15) is 4.98 Å². The number of hydrogen-bond donors (Lipinski definition) is 1. The molecule has 1 N–H and O–H groups in total. The quantitative estimate of drug-likeness (QED) is 0.717. The summed E-state index contributed by atoms with van der Waals surface area (Å²) in [6.45, 7) is 4.13. The molecule has 0 spiro atoms. The second kappa shape index (κ2) is 6.44. The summed E-state index contributed by atoms with van der Waals surface area (Å²) in [5, 5.41) is 8.23. The van der Waals surface area contributed by atoms with Crippen molar-refractivity contribution in [3.8, 4) is 11.4 Å². The van der Waals surface area contributed by atoms with Crippen LogP contribution >= 0.6 is 0 Å². The zero-order chi connectivity index (χ0) is 19.3. The van der Waals surface area contributed by atoms with Crippen LogP contribution in [0.5, 0.6) is 0 Å². The molecule has 0 saturated heterocycles. The number of nitrogens with one attached hydrogen (secondary N) is 1. The van der Waals surface area contributed by atoms with Gasteiger partial charge < -0.3 is 5.32 Å². The van der Waals surface area contributed by atoms with E-state index >= 15 is 0 Å². The maximum atomic E-state index is 12.9. The molecule has 0 unspecified atom stereocenters. The third kappa shape index (κ3) is 2.74. The van der Waals surface area contributed by atoms with Crippen LogP contribution in [0.25, 0.3) is 11.4 Å². The Morgan fingerprint density at radius 3 is 2.61 bits per heavy atom. The lowest BCUT2D eigenvalue weighted by molar-refractivity contribution is -0.116. The zero-order valence-corrected chi connectivity index (χ0v) is 16.1. The predicted molar refractivity (Wildman–Crippen MR) is 109 cm³/mol. The Kier molecular flexibility index (Phi) is 3.90. The third-order valence-corrected chi connectivity index (χ3v) is 5.50. The molecule has 2 aliphatic rings. The first-order valence-corrected chi connectivity index (χ1v) is 9.73. The van der Waals surface area contributed by atoms with Crippen LogP contribution in [-0.2, 0) is 4.79 Å². The van der Waals surface area contributed by atoms with Crippen molar-refractivity contribution in [2.75, 3.05) is 5.32 Å². The molecule has 5 heteroatoms. The number of benzene rings is 2. The van der Waals surface area contributed by atoms with Gasteiger partial charge in [-0.05, 0) is 38.3 Å². The Morgan fingerprint density at radius 2 is 1.82 bits per heavy atom. The summed E-state index contributed by atoms with van der Waals surface area (Å²) < 4.78 is 1.88. The molecule has 1 aromatic heterocycles. The van der Waals surface area contributed by atoms with E-state index in [1.165, 1.54) is 11.1 Å². The molecule has 0 saturated carbocycles. The van der Waals surface area contributed by atoms with Crippen LogP contribution in [0.1, 0.15) is 42.0 Å². The van der Waals surface area contributed by atoms with Crippen molar-refractivity contribution in [1.29, 1.82) is 0 Å². The van der Waals surface area contributed by atoms with Crippen molar-refractivity contribution < 1.29 is 4.79 Å². The largest absolute Gasteiger partial charge is 0.328 e. The maximum Gasteiger partial charge on any atom is 0.226 e. The molecule has 1 aliphatic carbocycles. The van der Waals surface area contributed by atoms with Gasteiger partial charge >= 0.3 is 0 Å². The molecule has 2 heterocycles. The minimum absolute atomic E-state index is 0.207. The fourth-order valence-corrected chi connectivity index (χ4v) is 4.21. The first-order chi connectivity index (χ1) is 13.6. The average Bonchev–Trinajstić information content (AvgIpc) is 3.10. The van der Waals surface area contributed by atoms with E-state index in [1.807, 2.05) is 22.9 Å². The standard InChI is InChI=1S/C23H22N4O/c1-14-6-3-8-16(12-14)21-20-18(10-5-11-19(20)28)24-23-25-22(26-27(21)23)17-9-4-7-15(2)13-17/h3-4,6-9,12-13,21H,5,10-11H2,1-2H3,(H,24,25,26)/t21-/m1/s1. The van der Waals surface area contributed by atoms with Crippen LogP contribution in [-0.4, -0.2) is 20.5 Å². The normalized spacial score (nSPS) is 18.5. The molecular formula is C23H22N4O. The van der Waals surface area contributed by atoms with Gasteiger partial charge in [-0.25, -0.2) is 4.68 Å². The van der Waals surface area contributed by atoms with Gasteiger partial charge in [0.15, 0.2) is 11.6 Å². The van der Waals surface area contributed by atoms with Crippen LogP contribution in [0.3, 0.4) is 0 Å². The fourth-order valence-electron chi connectivity index (χ4n) is 4.21. The fraction of sp³-hybridized carbons (Fsp3) is 0.261. The molecule has 5 nitrogen and oxygen atoms in total. The first-order valence-electron chi connectivity index (χ1n) is 9.73. The molecule has 1 aliphatic heterocycles. The van der Waals surface area contributed by atoms with Gasteiger partial charge in [0, 0.05) is 23.3 Å². The second-order valence-electron chi connectivity index (χ2n) is 7.68. The second-order valence-corrected chi connectivity index (χ2v) is 7.68. The number of rotatable bonds is 2. The predicted octanol–water partition coefficient (Wildman–Crippen LogP) is 4.58. The van der Waals surface area contributed by atoms with E-state index in [0.29, 0.717) is 18.2 Å². The molecule has 1 atom stereocenters. The van der Waals surface area contributed by atoms with E-state index in [-0.39, 0.29) is 11.8 Å². The molecule has 140 valence electrons. The van der Waals surface area contributed by atoms with Gasteiger partial charge in [-0.1, -0.05) is 53.6 Å². The number of hydrogen-bond acceptors (Lipinski definition) is 4. The van der Waals surface area contributed by atoms with Crippen molar-refractivity contribution in [2.45, 2.75) is 39.2 Å². The lowest BCUT2D eigenvalue weighted by Crippen LogP contribution is -2.31. The van der Waals surface area contributed by atoms with E-state index in [1.54, 1.807) is 0 Å². The number of allylic oxidation sites excluding steroid dienone is 2. The lowest BCUT2D eigenvalue weighted by atomic mass is 9.85. The molecule has 3 aromatic rings. The lowest BCUT2D eigenvalue weighted by Gasteiger charge is -2.32. The number of ketones is 1. The molecule has 0 amide bonds.